The predicted molar refractivity (Wildman–Crippen MR) is 118 cm³/mol. The van der Waals surface area contributed by atoms with E-state index < -0.39 is 0 Å². The van der Waals surface area contributed by atoms with Gasteiger partial charge in [0.15, 0.2) is 0 Å². The number of anilines is 1. The van der Waals surface area contributed by atoms with Crippen LogP contribution >= 0.6 is 11.8 Å². The fourth-order valence-electron chi connectivity index (χ4n) is 3.93. The Morgan fingerprint density at radius 2 is 2.00 bits per heavy atom. The number of aromatic nitrogens is 2. The van der Waals surface area contributed by atoms with Crippen LogP contribution in [0.5, 0.6) is 0 Å². The lowest BCUT2D eigenvalue weighted by Crippen LogP contribution is -2.41. The van der Waals surface area contributed by atoms with Crippen LogP contribution in [0, 0.1) is 0 Å². The highest BCUT2D eigenvalue weighted by molar-refractivity contribution is 7.98. The molecule has 0 spiro atoms. The molecule has 1 aromatic carbocycles. The number of carbonyl (C=O) groups excluding carboxylic acids is 1. The van der Waals surface area contributed by atoms with Gasteiger partial charge in [-0.3, -0.25) is 9.69 Å². The van der Waals surface area contributed by atoms with Crippen LogP contribution in [0.3, 0.4) is 0 Å². The highest BCUT2D eigenvalue weighted by Crippen LogP contribution is 2.27. The van der Waals surface area contributed by atoms with E-state index in [1.807, 2.05) is 40.7 Å². The number of nitrogens with zero attached hydrogens (tertiary/aromatic N) is 3. The first-order chi connectivity index (χ1) is 13.7. The van der Waals surface area contributed by atoms with E-state index in [0.29, 0.717) is 18.5 Å². The maximum absolute atomic E-state index is 12.4. The first kappa shape index (κ1) is 20.9. The number of likely N-dealkylation sites (tertiary alicyclic amines) is 1. The van der Waals surface area contributed by atoms with Crippen molar-refractivity contribution in [3.63, 3.8) is 0 Å². The van der Waals surface area contributed by atoms with Gasteiger partial charge in [-0.15, -0.1) is 0 Å². The average Bonchev–Trinajstić information content (AvgIpc) is 3.17. The van der Waals surface area contributed by atoms with Crippen LogP contribution in [0.25, 0.3) is 0 Å². The second-order valence-electron chi connectivity index (χ2n) is 7.62. The van der Waals surface area contributed by atoms with Crippen LogP contribution < -0.4 is 5.32 Å². The topological polar surface area (TPSA) is 50.2 Å². The molecule has 0 radical (unpaired) electrons. The summed E-state index contributed by atoms with van der Waals surface area (Å²) in [7, 11) is 0. The molecule has 1 aromatic heterocycles. The summed E-state index contributed by atoms with van der Waals surface area (Å²) in [4.78, 5) is 15.0. The van der Waals surface area contributed by atoms with Gasteiger partial charge in [0.2, 0.25) is 5.91 Å². The Balaban J connectivity index is 1.46. The van der Waals surface area contributed by atoms with Crippen molar-refractivity contribution in [1.29, 1.82) is 0 Å². The van der Waals surface area contributed by atoms with Crippen LogP contribution in [0.1, 0.15) is 44.2 Å². The summed E-state index contributed by atoms with van der Waals surface area (Å²) in [5, 5.41) is 7.58. The van der Waals surface area contributed by atoms with E-state index in [0.717, 1.165) is 44.6 Å². The maximum Gasteiger partial charge on any atom is 0.225 e. The van der Waals surface area contributed by atoms with Gasteiger partial charge < -0.3 is 5.32 Å². The molecule has 1 N–H and O–H groups in total. The molecular formula is C22H32N4OS. The molecule has 0 bridgehead atoms. The molecule has 3 rings (SSSR count). The van der Waals surface area contributed by atoms with Gasteiger partial charge in [0.25, 0.3) is 0 Å². The molecule has 1 amide bonds. The van der Waals surface area contributed by atoms with Crippen molar-refractivity contribution in [2.24, 2.45) is 0 Å². The smallest absolute Gasteiger partial charge is 0.225 e. The normalized spacial score (nSPS) is 16.8. The second kappa shape index (κ2) is 10.7. The van der Waals surface area contributed by atoms with E-state index >= 15 is 0 Å². The van der Waals surface area contributed by atoms with Crippen molar-refractivity contribution < 1.29 is 4.79 Å². The minimum Gasteiger partial charge on any atom is -0.311 e. The number of piperidine rings is 1. The molecule has 28 heavy (non-hydrogen) atoms. The standard InChI is InChI=1S/C22H32N4OS/c1-18(17-28-2)25-15-12-20(13-16-25)26-21(11-14-23-26)24-22(27)10-6-9-19-7-4-3-5-8-19/h3-5,7-8,11,14,18,20H,6,9-10,12-13,15-17H2,1-2H3,(H,24,27)/t18-/m1/s1. The molecule has 2 heterocycles. The van der Waals surface area contributed by atoms with E-state index in [9.17, 15) is 4.79 Å². The van der Waals surface area contributed by atoms with Crippen molar-refractivity contribution in [2.75, 3.05) is 30.4 Å². The fraction of sp³-hybridized carbons (Fsp3) is 0.545. The number of aryl methyl sites for hydroxylation is 1. The van der Waals surface area contributed by atoms with E-state index in [4.69, 9.17) is 0 Å². The Hall–Kier alpha value is -1.79. The van der Waals surface area contributed by atoms with Gasteiger partial charge in [-0.2, -0.15) is 16.9 Å². The molecule has 6 heteroatoms. The third-order valence-corrected chi connectivity index (χ3v) is 6.34. The molecule has 152 valence electrons. The Morgan fingerprint density at radius 3 is 2.71 bits per heavy atom. The third-order valence-electron chi connectivity index (χ3n) is 5.53. The number of hydrogen-bond acceptors (Lipinski definition) is 4. The molecule has 1 fully saturated rings. The lowest BCUT2D eigenvalue weighted by atomic mass is 10.0. The average molecular weight is 401 g/mol. The van der Waals surface area contributed by atoms with E-state index in [1.54, 1.807) is 6.20 Å². The van der Waals surface area contributed by atoms with Crippen molar-refractivity contribution in [2.45, 2.75) is 51.1 Å². The van der Waals surface area contributed by atoms with Crippen LogP contribution in [-0.4, -0.2) is 51.7 Å². The zero-order valence-electron chi connectivity index (χ0n) is 17.0. The predicted octanol–water partition coefficient (Wildman–Crippen LogP) is 4.23. The molecule has 5 nitrogen and oxygen atoms in total. The maximum atomic E-state index is 12.4. The number of amides is 1. The van der Waals surface area contributed by atoms with Gasteiger partial charge in [-0.1, -0.05) is 30.3 Å². The molecule has 1 aliphatic rings. The Morgan fingerprint density at radius 1 is 1.25 bits per heavy atom. The zero-order valence-corrected chi connectivity index (χ0v) is 17.8. The summed E-state index contributed by atoms with van der Waals surface area (Å²) in [6.45, 7) is 4.50. The SMILES string of the molecule is CSC[C@@H](C)N1CCC(n2nccc2NC(=O)CCCc2ccccc2)CC1. The Bertz CT molecular complexity index is 725. The van der Waals surface area contributed by atoms with Crippen LogP contribution in [0.4, 0.5) is 5.82 Å². The lowest BCUT2D eigenvalue weighted by molar-refractivity contribution is -0.116. The summed E-state index contributed by atoms with van der Waals surface area (Å²) >= 11 is 1.91. The second-order valence-corrected chi connectivity index (χ2v) is 8.53. The summed E-state index contributed by atoms with van der Waals surface area (Å²) in [5.74, 6) is 2.08. The largest absolute Gasteiger partial charge is 0.311 e. The number of benzene rings is 1. The molecular weight excluding hydrogens is 368 g/mol. The Kier molecular flexibility index (Phi) is 7.98. The minimum atomic E-state index is 0.0729. The molecule has 1 atom stereocenters. The number of nitrogens with one attached hydrogen (secondary N) is 1. The van der Waals surface area contributed by atoms with Crippen LogP contribution in [0.2, 0.25) is 0 Å². The van der Waals surface area contributed by atoms with E-state index in [1.165, 1.54) is 11.3 Å². The molecule has 1 aliphatic heterocycles. The molecule has 0 unspecified atom stereocenters. The van der Waals surface area contributed by atoms with E-state index in [2.05, 4.69) is 40.6 Å². The van der Waals surface area contributed by atoms with Gasteiger partial charge in [-0.25, -0.2) is 4.68 Å². The van der Waals surface area contributed by atoms with E-state index in [-0.39, 0.29) is 5.91 Å². The number of carbonyl (C=O) groups is 1. The van der Waals surface area contributed by atoms with Crippen molar-refractivity contribution >= 4 is 23.5 Å². The van der Waals surface area contributed by atoms with Gasteiger partial charge >= 0.3 is 0 Å². The molecule has 2 aromatic rings. The number of hydrogen-bond donors (Lipinski definition) is 1. The van der Waals surface area contributed by atoms with Gasteiger partial charge in [0, 0.05) is 37.4 Å². The summed E-state index contributed by atoms with van der Waals surface area (Å²) in [5.41, 5.74) is 1.28. The molecule has 1 saturated heterocycles. The van der Waals surface area contributed by atoms with Crippen molar-refractivity contribution in [3.8, 4) is 0 Å². The number of rotatable bonds is 9. The zero-order chi connectivity index (χ0) is 19.8. The summed E-state index contributed by atoms with van der Waals surface area (Å²) < 4.78 is 2.02. The molecule has 0 saturated carbocycles. The van der Waals surface area contributed by atoms with Crippen LogP contribution in [0.15, 0.2) is 42.6 Å². The van der Waals surface area contributed by atoms with Gasteiger partial charge in [-0.05, 0) is 44.4 Å². The summed E-state index contributed by atoms with van der Waals surface area (Å²) in [6, 6.07) is 13.2. The van der Waals surface area contributed by atoms with Crippen molar-refractivity contribution in [3.05, 3.63) is 48.2 Å². The van der Waals surface area contributed by atoms with Gasteiger partial charge in [0.1, 0.15) is 5.82 Å². The minimum absolute atomic E-state index is 0.0729. The first-order valence-corrected chi connectivity index (χ1v) is 11.7. The summed E-state index contributed by atoms with van der Waals surface area (Å²) in [6.07, 6.45) is 8.44. The fourth-order valence-corrected chi connectivity index (χ4v) is 4.62. The number of thioether (sulfide) groups is 1. The highest BCUT2D eigenvalue weighted by Gasteiger charge is 2.25. The highest BCUT2D eigenvalue weighted by atomic mass is 32.2. The van der Waals surface area contributed by atoms with Gasteiger partial charge in [0.05, 0.1) is 12.2 Å². The molecule has 0 aliphatic carbocycles. The monoisotopic (exact) mass is 400 g/mol. The first-order valence-electron chi connectivity index (χ1n) is 10.3. The van der Waals surface area contributed by atoms with Crippen LogP contribution in [-0.2, 0) is 11.2 Å². The lowest BCUT2D eigenvalue weighted by Gasteiger charge is -2.36. The van der Waals surface area contributed by atoms with Crippen molar-refractivity contribution in [1.82, 2.24) is 14.7 Å². The Labute approximate surface area is 172 Å². The quantitative estimate of drug-likeness (QED) is 0.684. The third kappa shape index (κ3) is 5.85.